The van der Waals surface area contributed by atoms with E-state index < -0.39 is 29.3 Å². The summed E-state index contributed by atoms with van der Waals surface area (Å²) in [6, 6.07) is 2.96. The van der Waals surface area contributed by atoms with Gasteiger partial charge in [0.1, 0.15) is 11.4 Å². The molecule has 3 N–H and O–H groups in total. The lowest BCUT2D eigenvalue weighted by Crippen LogP contribution is -2.38. The summed E-state index contributed by atoms with van der Waals surface area (Å²) in [7, 11) is 0. The zero-order chi connectivity index (χ0) is 22.2. The Bertz CT molecular complexity index is 1070. The van der Waals surface area contributed by atoms with Crippen molar-refractivity contribution in [2.24, 2.45) is 0 Å². The van der Waals surface area contributed by atoms with Gasteiger partial charge in [0.05, 0.1) is 15.8 Å². The van der Waals surface area contributed by atoms with Gasteiger partial charge in [-0.05, 0) is 37.6 Å². The molecule has 3 heterocycles. The van der Waals surface area contributed by atoms with Gasteiger partial charge in [0.25, 0.3) is 0 Å². The average molecular weight is 462 g/mol. The topological polar surface area (TPSA) is 74.8 Å². The van der Waals surface area contributed by atoms with Crippen LogP contribution < -0.4 is 16.0 Å². The lowest BCUT2D eigenvalue weighted by molar-refractivity contribution is -0.138. The number of piperidine rings is 1. The molecule has 3 aromatic rings. The maximum atomic E-state index is 13.4. The van der Waals surface area contributed by atoms with Gasteiger partial charge in [0.15, 0.2) is 5.13 Å². The van der Waals surface area contributed by atoms with Gasteiger partial charge in [0, 0.05) is 18.8 Å². The third-order valence-corrected chi connectivity index (χ3v) is 5.62. The smallest absolute Gasteiger partial charge is 0.350 e. The minimum Gasteiger partial charge on any atom is -0.350 e. The number of nitrogens with zero attached hydrogens (tertiary/aromatic N) is 3. The Morgan fingerprint density at radius 1 is 1.06 bits per heavy atom. The number of alkyl halides is 6. The summed E-state index contributed by atoms with van der Waals surface area (Å²) in [5.74, 6) is -0.506. The van der Waals surface area contributed by atoms with Gasteiger partial charge in [-0.25, -0.2) is 9.97 Å². The van der Waals surface area contributed by atoms with Crippen LogP contribution in [0.1, 0.15) is 24.0 Å². The highest BCUT2D eigenvalue weighted by Crippen LogP contribution is 2.38. The summed E-state index contributed by atoms with van der Waals surface area (Å²) in [5, 5.41) is 8.67. The molecule has 0 bridgehead atoms. The van der Waals surface area contributed by atoms with Crippen LogP contribution in [-0.4, -0.2) is 34.1 Å². The monoisotopic (exact) mass is 462 g/mol. The van der Waals surface area contributed by atoms with Gasteiger partial charge in [-0.3, -0.25) is 0 Å². The molecule has 0 radical (unpaired) electrons. The van der Waals surface area contributed by atoms with Gasteiger partial charge in [-0.1, -0.05) is 11.3 Å². The first-order valence-corrected chi connectivity index (χ1v) is 10.1. The predicted molar refractivity (Wildman–Crippen MR) is 104 cm³/mol. The summed E-state index contributed by atoms with van der Waals surface area (Å²) >= 11 is 0.925. The number of benzene rings is 1. The van der Waals surface area contributed by atoms with E-state index >= 15 is 0 Å². The van der Waals surface area contributed by atoms with Crippen molar-refractivity contribution in [1.82, 2.24) is 20.3 Å². The maximum absolute atomic E-state index is 13.4. The van der Waals surface area contributed by atoms with Crippen molar-refractivity contribution in [2.45, 2.75) is 31.2 Å². The van der Waals surface area contributed by atoms with Crippen LogP contribution in [0, 0.1) is 0 Å². The third kappa shape index (κ3) is 4.98. The minimum atomic E-state index is -4.73. The molecule has 1 aromatic carbocycles. The first kappa shape index (κ1) is 21.6. The van der Waals surface area contributed by atoms with Crippen molar-refractivity contribution in [3.63, 3.8) is 0 Å². The molecule has 4 rings (SSSR count). The second kappa shape index (κ2) is 8.11. The molecule has 6 nitrogen and oxygen atoms in total. The van der Waals surface area contributed by atoms with Crippen molar-refractivity contribution in [3.8, 4) is 0 Å². The van der Waals surface area contributed by atoms with Gasteiger partial charge in [-0.15, -0.1) is 0 Å². The van der Waals surface area contributed by atoms with E-state index in [0.717, 1.165) is 42.9 Å². The molecule has 1 aliphatic rings. The number of hydrogen-bond acceptors (Lipinski definition) is 7. The van der Waals surface area contributed by atoms with Crippen LogP contribution in [0.4, 0.5) is 43.2 Å². The lowest BCUT2D eigenvalue weighted by atomic mass is 10.1. The Morgan fingerprint density at radius 3 is 2.55 bits per heavy atom. The van der Waals surface area contributed by atoms with Gasteiger partial charge in [0.2, 0.25) is 5.95 Å². The normalized spacial score (nSPS) is 17.7. The van der Waals surface area contributed by atoms with E-state index in [-0.39, 0.29) is 22.6 Å². The number of nitrogens with one attached hydrogen (secondary N) is 3. The van der Waals surface area contributed by atoms with Crippen LogP contribution in [0.2, 0.25) is 0 Å². The molecule has 1 atom stereocenters. The second-order valence-corrected chi connectivity index (χ2v) is 8.00. The van der Waals surface area contributed by atoms with Gasteiger partial charge >= 0.3 is 12.4 Å². The first-order valence-electron chi connectivity index (χ1n) is 9.26. The molecule has 2 aromatic heterocycles. The SMILES string of the molecule is FC(F)(F)c1ccc2sc(Nc3nc(N[C@H]4CCCNC4)ncc3C(F)(F)F)nc2c1. The van der Waals surface area contributed by atoms with E-state index in [2.05, 4.69) is 30.9 Å². The summed E-state index contributed by atoms with van der Waals surface area (Å²) in [5.41, 5.74) is -1.96. The van der Waals surface area contributed by atoms with Crippen molar-refractivity contribution >= 4 is 38.5 Å². The predicted octanol–water partition coefficient (Wildman–Crippen LogP) is 5.03. The molecule has 0 aliphatic carbocycles. The van der Waals surface area contributed by atoms with E-state index in [0.29, 0.717) is 17.4 Å². The lowest BCUT2D eigenvalue weighted by Gasteiger charge is -2.24. The Balaban J connectivity index is 1.64. The molecule has 1 fully saturated rings. The van der Waals surface area contributed by atoms with E-state index in [1.54, 1.807) is 0 Å². The Labute approximate surface area is 176 Å². The van der Waals surface area contributed by atoms with E-state index in [4.69, 9.17) is 0 Å². The van der Waals surface area contributed by atoms with Crippen LogP contribution in [0.3, 0.4) is 0 Å². The van der Waals surface area contributed by atoms with Crippen LogP contribution in [0.15, 0.2) is 24.4 Å². The van der Waals surface area contributed by atoms with Crippen LogP contribution in [0.25, 0.3) is 10.2 Å². The van der Waals surface area contributed by atoms with E-state index in [9.17, 15) is 26.3 Å². The summed E-state index contributed by atoms with van der Waals surface area (Å²) in [4.78, 5) is 11.7. The summed E-state index contributed by atoms with van der Waals surface area (Å²) < 4.78 is 79.4. The van der Waals surface area contributed by atoms with E-state index in [1.807, 2.05) is 0 Å². The highest BCUT2D eigenvalue weighted by molar-refractivity contribution is 7.22. The van der Waals surface area contributed by atoms with Crippen molar-refractivity contribution in [2.75, 3.05) is 23.7 Å². The van der Waals surface area contributed by atoms with Gasteiger partial charge in [-0.2, -0.15) is 31.3 Å². The number of rotatable bonds is 4. The zero-order valence-corrected chi connectivity index (χ0v) is 16.5. The van der Waals surface area contributed by atoms with Crippen molar-refractivity contribution in [3.05, 3.63) is 35.5 Å². The molecular weight excluding hydrogens is 446 g/mol. The van der Waals surface area contributed by atoms with Crippen LogP contribution >= 0.6 is 11.3 Å². The number of halogens is 6. The first-order chi connectivity index (χ1) is 14.6. The Kier molecular flexibility index (Phi) is 5.64. The number of thiazole rings is 1. The molecule has 0 spiro atoms. The fourth-order valence-corrected chi connectivity index (χ4v) is 4.02. The second-order valence-electron chi connectivity index (χ2n) is 6.97. The fraction of sp³-hybridized carbons (Fsp3) is 0.389. The number of aromatic nitrogens is 3. The largest absolute Gasteiger partial charge is 0.421 e. The minimum absolute atomic E-state index is 0.0104. The molecule has 13 heteroatoms. The standard InChI is InChI=1S/C18H16F6N6S/c19-17(20,21)9-3-4-13-12(6-9)28-16(31-13)30-14-11(18(22,23)24)8-26-15(29-14)27-10-2-1-5-25-7-10/h3-4,6,8,10,25H,1-2,5,7H2,(H2,26,27,28,29,30)/t10-/m0/s1. The molecule has 166 valence electrons. The van der Waals surface area contributed by atoms with E-state index in [1.165, 1.54) is 6.07 Å². The third-order valence-electron chi connectivity index (χ3n) is 4.66. The quantitative estimate of drug-likeness (QED) is 0.473. The number of hydrogen-bond donors (Lipinski definition) is 3. The molecule has 0 saturated carbocycles. The number of anilines is 3. The maximum Gasteiger partial charge on any atom is 0.421 e. The summed E-state index contributed by atoms with van der Waals surface area (Å²) in [6.07, 6.45) is -6.87. The number of fused-ring (bicyclic) bond motifs is 1. The molecule has 31 heavy (non-hydrogen) atoms. The van der Waals surface area contributed by atoms with Gasteiger partial charge < -0.3 is 16.0 Å². The highest BCUT2D eigenvalue weighted by Gasteiger charge is 2.36. The molecule has 0 unspecified atom stereocenters. The molecule has 1 aliphatic heterocycles. The average Bonchev–Trinajstić information content (AvgIpc) is 3.09. The van der Waals surface area contributed by atoms with Crippen LogP contribution in [-0.2, 0) is 12.4 Å². The molecular formula is C18H16F6N6S. The summed E-state index contributed by atoms with van der Waals surface area (Å²) in [6.45, 7) is 1.50. The van der Waals surface area contributed by atoms with Crippen molar-refractivity contribution in [1.29, 1.82) is 0 Å². The highest BCUT2D eigenvalue weighted by atomic mass is 32.1. The van der Waals surface area contributed by atoms with Crippen LogP contribution in [0.5, 0.6) is 0 Å². The Hall–Kier alpha value is -2.67. The molecule has 0 amide bonds. The zero-order valence-electron chi connectivity index (χ0n) is 15.7. The Morgan fingerprint density at radius 2 is 1.87 bits per heavy atom. The van der Waals surface area contributed by atoms with Crippen molar-refractivity contribution < 1.29 is 26.3 Å². The molecule has 1 saturated heterocycles. The fourth-order valence-electron chi connectivity index (χ4n) is 3.17.